The van der Waals surface area contributed by atoms with Crippen molar-refractivity contribution in [2.45, 2.75) is 12.3 Å². The second kappa shape index (κ2) is 6.93. The van der Waals surface area contributed by atoms with Gasteiger partial charge >= 0.3 is 0 Å². The van der Waals surface area contributed by atoms with Crippen LogP contribution in [0.1, 0.15) is 33.0 Å². The lowest BCUT2D eigenvalue weighted by Gasteiger charge is -2.18. The van der Waals surface area contributed by atoms with Gasteiger partial charge in [0.05, 0.1) is 0 Å². The summed E-state index contributed by atoms with van der Waals surface area (Å²) in [5, 5.41) is 0. The van der Waals surface area contributed by atoms with Crippen LogP contribution in [-0.4, -0.2) is 5.91 Å². The highest BCUT2D eigenvalue weighted by Crippen LogP contribution is 2.28. The van der Waals surface area contributed by atoms with Gasteiger partial charge in [-0.2, -0.15) is 0 Å². The van der Waals surface area contributed by atoms with E-state index in [9.17, 15) is 4.79 Å². The quantitative estimate of drug-likeness (QED) is 0.755. The van der Waals surface area contributed by atoms with Gasteiger partial charge < -0.3 is 5.73 Å². The molecule has 3 aromatic rings. The predicted molar refractivity (Wildman–Crippen MR) is 93.4 cm³/mol. The summed E-state index contributed by atoms with van der Waals surface area (Å²) in [5.41, 5.74) is 9.62. The average molecular weight is 301 g/mol. The minimum atomic E-state index is -0.390. The minimum absolute atomic E-state index is 0.289. The molecule has 0 fully saturated rings. The maximum absolute atomic E-state index is 11.2. The SMILES string of the molecule is NC(=O)c1ccc(CC(c2ccccc2)c2ccccc2)cc1. The third-order valence-corrected chi connectivity index (χ3v) is 4.08. The first-order valence-electron chi connectivity index (χ1n) is 7.72. The van der Waals surface area contributed by atoms with E-state index in [4.69, 9.17) is 5.73 Å². The Kier molecular flexibility index (Phi) is 4.53. The first-order chi connectivity index (χ1) is 11.2. The summed E-state index contributed by atoms with van der Waals surface area (Å²) >= 11 is 0. The van der Waals surface area contributed by atoms with Crippen LogP contribution in [0.3, 0.4) is 0 Å². The van der Waals surface area contributed by atoms with Gasteiger partial charge in [-0.15, -0.1) is 0 Å². The van der Waals surface area contributed by atoms with Crippen LogP contribution in [0.25, 0.3) is 0 Å². The first-order valence-corrected chi connectivity index (χ1v) is 7.72. The zero-order valence-electron chi connectivity index (χ0n) is 12.9. The molecule has 0 aromatic heterocycles. The number of hydrogen-bond donors (Lipinski definition) is 1. The van der Waals surface area contributed by atoms with Crippen molar-refractivity contribution in [3.05, 3.63) is 107 Å². The van der Waals surface area contributed by atoms with E-state index in [1.54, 1.807) is 12.1 Å². The van der Waals surface area contributed by atoms with Crippen LogP contribution in [0.5, 0.6) is 0 Å². The van der Waals surface area contributed by atoms with E-state index in [1.807, 2.05) is 24.3 Å². The zero-order chi connectivity index (χ0) is 16.1. The van der Waals surface area contributed by atoms with Crippen molar-refractivity contribution in [3.63, 3.8) is 0 Å². The summed E-state index contributed by atoms with van der Waals surface area (Å²) < 4.78 is 0. The molecule has 0 aliphatic rings. The Labute approximate surface area is 136 Å². The molecule has 0 saturated carbocycles. The van der Waals surface area contributed by atoms with Crippen LogP contribution in [-0.2, 0) is 6.42 Å². The van der Waals surface area contributed by atoms with E-state index < -0.39 is 0 Å². The maximum atomic E-state index is 11.2. The van der Waals surface area contributed by atoms with Crippen LogP contribution in [0.4, 0.5) is 0 Å². The third-order valence-electron chi connectivity index (χ3n) is 4.08. The number of hydrogen-bond acceptors (Lipinski definition) is 1. The molecule has 0 heterocycles. The normalized spacial score (nSPS) is 10.7. The van der Waals surface area contributed by atoms with Crippen LogP contribution in [0.2, 0.25) is 0 Å². The fraction of sp³-hybridized carbons (Fsp3) is 0.0952. The predicted octanol–water partition coefficient (Wildman–Crippen LogP) is 4.16. The summed E-state index contributed by atoms with van der Waals surface area (Å²) in [6.45, 7) is 0. The molecule has 2 N–H and O–H groups in total. The first kappa shape index (κ1) is 15.0. The Bertz CT molecular complexity index is 724. The van der Waals surface area contributed by atoms with Gasteiger partial charge in [0.1, 0.15) is 0 Å². The number of carbonyl (C=O) groups is 1. The third kappa shape index (κ3) is 3.67. The number of primary amides is 1. The van der Waals surface area contributed by atoms with Crippen LogP contribution < -0.4 is 5.73 Å². The molecule has 0 radical (unpaired) electrons. The highest BCUT2D eigenvalue weighted by Gasteiger charge is 2.14. The fourth-order valence-electron chi connectivity index (χ4n) is 2.84. The molecule has 2 heteroatoms. The fourth-order valence-corrected chi connectivity index (χ4v) is 2.84. The van der Waals surface area contributed by atoms with E-state index in [-0.39, 0.29) is 11.8 Å². The highest BCUT2D eigenvalue weighted by atomic mass is 16.1. The lowest BCUT2D eigenvalue weighted by Crippen LogP contribution is -2.11. The van der Waals surface area contributed by atoms with Crippen molar-refractivity contribution in [2.24, 2.45) is 5.73 Å². The molecule has 0 atom stereocenters. The molecule has 2 nitrogen and oxygen atoms in total. The van der Waals surface area contributed by atoms with Gasteiger partial charge in [0, 0.05) is 11.5 Å². The van der Waals surface area contributed by atoms with Gasteiger partial charge in [0.25, 0.3) is 0 Å². The number of carbonyl (C=O) groups excluding carboxylic acids is 1. The van der Waals surface area contributed by atoms with Crippen molar-refractivity contribution < 1.29 is 4.79 Å². The van der Waals surface area contributed by atoms with Crippen molar-refractivity contribution in [2.75, 3.05) is 0 Å². The Morgan fingerprint density at radius 2 is 1.22 bits per heavy atom. The molecule has 0 spiro atoms. The molecule has 0 saturated heterocycles. The standard InChI is InChI=1S/C21H19NO/c22-21(23)19-13-11-16(12-14-19)15-20(17-7-3-1-4-8-17)18-9-5-2-6-10-18/h1-14,20H,15H2,(H2,22,23). The van der Waals surface area contributed by atoms with Gasteiger partial charge in [-0.05, 0) is 35.2 Å². The van der Waals surface area contributed by atoms with E-state index in [0.717, 1.165) is 6.42 Å². The Morgan fingerprint density at radius 3 is 1.65 bits per heavy atom. The van der Waals surface area contributed by atoms with Gasteiger partial charge in [-0.1, -0.05) is 72.8 Å². The molecular formula is C21H19NO. The van der Waals surface area contributed by atoms with E-state index >= 15 is 0 Å². The maximum Gasteiger partial charge on any atom is 0.248 e. The second-order valence-electron chi connectivity index (χ2n) is 5.64. The molecule has 1 amide bonds. The smallest absolute Gasteiger partial charge is 0.248 e. The Morgan fingerprint density at radius 1 is 0.739 bits per heavy atom. The van der Waals surface area contributed by atoms with Crippen molar-refractivity contribution in [1.82, 2.24) is 0 Å². The molecular weight excluding hydrogens is 282 g/mol. The number of benzene rings is 3. The molecule has 114 valence electrons. The molecule has 0 aliphatic carbocycles. The molecule has 3 rings (SSSR count). The van der Waals surface area contributed by atoms with Crippen LogP contribution in [0.15, 0.2) is 84.9 Å². The van der Waals surface area contributed by atoms with E-state index in [2.05, 4.69) is 48.5 Å². The van der Waals surface area contributed by atoms with Gasteiger partial charge in [0.15, 0.2) is 0 Å². The second-order valence-corrected chi connectivity index (χ2v) is 5.64. The van der Waals surface area contributed by atoms with E-state index in [1.165, 1.54) is 16.7 Å². The molecule has 0 unspecified atom stereocenters. The summed E-state index contributed by atoms with van der Waals surface area (Å²) in [5.74, 6) is -0.101. The Balaban J connectivity index is 1.92. The van der Waals surface area contributed by atoms with Crippen molar-refractivity contribution >= 4 is 5.91 Å². The number of nitrogens with two attached hydrogens (primary N) is 1. The van der Waals surface area contributed by atoms with Gasteiger partial charge in [0.2, 0.25) is 5.91 Å². The summed E-state index contributed by atoms with van der Waals surface area (Å²) in [6, 6.07) is 28.6. The lowest BCUT2D eigenvalue weighted by molar-refractivity contribution is 0.100. The van der Waals surface area contributed by atoms with Gasteiger partial charge in [-0.25, -0.2) is 0 Å². The largest absolute Gasteiger partial charge is 0.366 e. The molecule has 3 aromatic carbocycles. The van der Waals surface area contributed by atoms with E-state index in [0.29, 0.717) is 5.56 Å². The zero-order valence-corrected chi connectivity index (χ0v) is 12.9. The highest BCUT2D eigenvalue weighted by molar-refractivity contribution is 5.92. The van der Waals surface area contributed by atoms with Gasteiger partial charge in [-0.3, -0.25) is 4.79 Å². The summed E-state index contributed by atoms with van der Waals surface area (Å²) in [7, 11) is 0. The molecule has 23 heavy (non-hydrogen) atoms. The minimum Gasteiger partial charge on any atom is -0.366 e. The molecule has 0 aliphatic heterocycles. The van der Waals surface area contributed by atoms with Crippen molar-refractivity contribution in [1.29, 1.82) is 0 Å². The lowest BCUT2D eigenvalue weighted by atomic mass is 9.86. The van der Waals surface area contributed by atoms with Crippen molar-refractivity contribution in [3.8, 4) is 0 Å². The average Bonchev–Trinajstić information content (AvgIpc) is 2.61. The van der Waals surface area contributed by atoms with Crippen LogP contribution in [0, 0.1) is 0 Å². The summed E-state index contributed by atoms with van der Waals surface area (Å²) in [4.78, 5) is 11.2. The monoisotopic (exact) mass is 301 g/mol. The van der Waals surface area contributed by atoms with Crippen LogP contribution >= 0.6 is 0 Å². The Hall–Kier alpha value is -2.87. The molecule has 0 bridgehead atoms. The summed E-state index contributed by atoms with van der Waals surface area (Å²) in [6.07, 6.45) is 0.882. The topological polar surface area (TPSA) is 43.1 Å². The number of rotatable bonds is 5. The number of amides is 1.